The molecule has 6 aromatic rings. The number of thiazole rings is 1. The Morgan fingerprint density at radius 2 is 1.64 bits per heavy atom. The van der Waals surface area contributed by atoms with Crippen LogP contribution in [0.25, 0.3) is 22.5 Å². The number of benzene rings is 5. The highest BCUT2D eigenvalue weighted by Crippen LogP contribution is 2.41. The first-order valence-electron chi connectivity index (χ1n) is 14.7. The summed E-state index contributed by atoms with van der Waals surface area (Å²) in [4.78, 5) is 20.3. The molecule has 4 nitrogen and oxygen atoms in total. The number of nitrogens with zero attached hydrogens (tertiary/aromatic N) is 2. The van der Waals surface area contributed by atoms with Gasteiger partial charge in [0, 0.05) is 16.1 Å². The summed E-state index contributed by atoms with van der Waals surface area (Å²) in [5, 5.41) is 2.79. The molecule has 0 radical (unpaired) electrons. The van der Waals surface area contributed by atoms with Crippen molar-refractivity contribution in [2.24, 2.45) is 4.99 Å². The molecule has 0 N–H and O–H groups in total. The summed E-state index contributed by atoms with van der Waals surface area (Å²) in [7, 11) is 0. The van der Waals surface area contributed by atoms with Gasteiger partial charge in [0.15, 0.2) is 4.80 Å². The molecule has 0 unspecified atom stereocenters. The summed E-state index contributed by atoms with van der Waals surface area (Å²) in [6.45, 7) is 0.434. The zero-order chi connectivity index (χ0) is 29.6. The molecule has 8 rings (SSSR count). The number of hydrogen-bond donors (Lipinski definition) is 0. The average molecular weight is 611 g/mol. The average Bonchev–Trinajstić information content (AvgIpc) is 3.38. The second-order valence-corrected chi connectivity index (χ2v) is 12.6. The monoisotopic (exact) mass is 610 g/mol. The van der Waals surface area contributed by atoms with Crippen molar-refractivity contribution in [3.8, 4) is 5.75 Å². The zero-order valence-corrected chi connectivity index (χ0v) is 25.3. The van der Waals surface area contributed by atoms with E-state index in [4.69, 9.17) is 21.3 Å². The second kappa shape index (κ2) is 11.1. The Balaban J connectivity index is 1.33. The molecular formula is C38H27ClN2O2S. The molecular weight excluding hydrogens is 584 g/mol. The summed E-state index contributed by atoms with van der Waals surface area (Å²) in [5.74, 6) is 0.737. The summed E-state index contributed by atoms with van der Waals surface area (Å²) >= 11 is 7.73. The number of aryl methyl sites for hydroxylation is 1. The third kappa shape index (κ3) is 4.69. The molecule has 2 heterocycles. The van der Waals surface area contributed by atoms with Gasteiger partial charge in [0.25, 0.3) is 5.56 Å². The van der Waals surface area contributed by atoms with Crippen molar-refractivity contribution in [3.63, 3.8) is 0 Å². The van der Waals surface area contributed by atoms with Gasteiger partial charge in [0.2, 0.25) is 0 Å². The fourth-order valence-corrected chi connectivity index (χ4v) is 7.49. The maximum atomic E-state index is 14.4. The summed E-state index contributed by atoms with van der Waals surface area (Å²) < 4.78 is 8.88. The maximum Gasteiger partial charge on any atom is 0.271 e. The van der Waals surface area contributed by atoms with Crippen LogP contribution in [-0.2, 0) is 13.0 Å². The molecule has 0 fully saturated rings. The van der Waals surface area contributed by atoms with Gasteiger partial charge in [-0.2, -0.15) is 0 Å². The summed E-state index contributed by atoms with van der Waals surface area (Å²) in [5.41, 5.74) is 7.54. The van der Waals surface area contributed by atoms with Gasteiger partial charge in [-0.25, -0.2) is 4.99 Å². The van der Waals surface area contributed by atoms with Gasteiger partial charge < -0.3 is 4.74 Å². The number of fused-ring (bicyclic) bond motifs is 4. The molecule has 214 valence electrons. The minimum Gasteiger partial charge on any atom is -0.488 e. The highest BCUT2D eigenvalue weighted by atomic mass is 35.5. The van der Waals surface area contributed by atoms with Gasteiger partial charge in [-0.3, -0.25) is 9.36 Å². The van der Waals surface area contributed by atoms with Crippen LogP contribution in [0.2, 0.25) is 5.02 Å². The third-order valence-corrected chi connectivity index (χ3v) is 9.74. The fourth-order valence-electron chi connectivity index (χ4n) is 6.38. The normalized spacial score (nSPS) is 15.8. The number of aromatic nitrogens is 1. The van der Waals surface area contributed by atoms with E-state index in [9.17, 15) is 4.79 Å². The van der Waals surface area contributed by atoms with Crippen molar-refractivity contribution in [2.45, 2.75) is 25.5 Å². The lowest BCUT2D eigenvalue weighted by Crippen LogP contribution is -2.38. The Labute approximate surface area is 263 Å². The van der Waals surface area contributed by atoms with E-state index in [0.717, 1.165) is 57.3 Å². The van der Waals surface area contributed by atoms with Gasteiger partial charge >= 0.3 is 0 Å². The molecule has 1 atom stereocenters. The number of rotatable bonds is 5. The smallest absolute Gasteiger partial charge is 0.271 e. The van der Waals surface area contributed by atoms with Crippen LogP contribution in [0.5, 0.6) is 5.75 Å². The lowest BCUT2D eigenvalue weighted by Gasteiger charge is -2.30. The van der Waals surface area contributed by atoms with Crippen LogP contribution in [0.15, 0.2) is 131 Å². The maximum absolute atomic E-state index is 14.4. The molecule has 0 spiro atoms. The van der Waals surface area contributed by atoms with E-state index in [2.05, 4.69) is 54.6 Å². The number of ether oxygens (including phenoxy) is 1. The van der Waals surface area contributed by atoms with Crippen LogP contribution >= 0.6 is 22.9 Å². The minimum absolute atomic E-state index is 0.0546. The molecule has 0 amide bonds. The van der Waals surface area contributed by atoms with Crippen LogP contribution < -0.4 is 19.6 Å². The molecule has 44 heavy (non-hydrogen) atoms. The van der Waals surface area contributed by atoms with Crippen molar-refractivity contribution in [2.75, 3.05) is 0 Å². The van der Waals surface area contributed by atoms with Crippen molar-refractivity contribution in [1.82, 2.24) is 4.57 Å². The number of hydrogen-bond acceptors (Lipinski definition) is 4. The lowest BCUT2D eigenvalue weighted by atomic mass is 9.83. The molecule has 0 saturated heterocycles. The predicted molar refractivity (Wildman–Crippen MR) is 179 cm³/mol. The second-order valence-electron chi connectivity index (χ2n) is 11.1. The molecule has 1 aromatic heterocycles. The fraction of sp³-hybridized carbons (Fsp3) is 0.105. The predicted octanol–water partition coefficient (Wildman–Crippen LogP) is 7.70. The largest absolute Gasteiger partial charge is 0.488 e. The Hall–Kier alpha value is -4.71. The molecule has 0 bridgehead atoms. The van der Waals surface area contributed by atoms with Crippen molar-refractivity contribution >= 4 is 45.5 Å². The first-order valence-corrected chi connectivity index (χ1v) is 15.9. The lowest BCUT2D eigenvalue weighted by molar-refractivity contribution is 0.306. The van der Waals surface area contributed by atoms with E-state index in [0.29, 0.717) is 21.0 Å². The van der Waals surface area contributed by atoms with E-state index >= 15 is 0 Å². The molecule has 1 aliphatic carbocycles. The highest BCUT2D eigenvalue weighted by Gasteiger charge is 2.32. The van der Waals surface area contributed by atoms with E-state index in [1.54, 1.807) is 0 Å². The zero-order valence-electron chi connectivity index (χ0n) is 23.7. The summed E-state index contributed by atoms with van der Waals surface area (Å²) in [6, 6.07) is 38.5. The quantitative estimate of drug-likeness (QED) is 0.201. The first kappa shape index (κ1) is 26.9. The van der Waals surface area contributed by atoms with Gasteiger partial charge in [-0.05, 0) is 70.2 Å². The van der Waals surface area contributed by atoms with Crippen LogP contribution in [-0.4, -0.2) is 4.57 Å². The van der Waals surface area contributed by atoms with E-state index in [1.807, 2.05) is 71.3 Å². The van der Waals surface area contributed by atoms with Gasteiger partial charge in [0.05, 0.1) is 16.3 Å². The highest BCUT2D eigenvalue weighted by molar-refractivity contribution is 7.07. The minimum atomic E-state index is -0.254. The van der Waals surface area contributed by atoms with Gasteiger partial charge in [-0.1, -0.05) is 120 Å². The van der Waals surface area contributed by atoms with Gasteiger partial charge in [0.1, 0.15) is 12.4 Å². The Morgan fingerprint density at radius 1 is 0.864 bits per heavy atom. The Morgan fingerprint density at radius 3 is 2.50 bits per heavy atom. The van der Waals surface area contributed by atoms with Crippen molar-refractivity contribution in [1.29, 1.82) is 0 Å². The first-order chi connectivity index (χ1) is 21.6. The molecule has 2 aliphatic rings. The van der Waals surface area contributed by atoms with Crippen molar-refractivity contribution < 1.29 is 4.74 Å². The SMILES string of the molecule is O=c1/c(=C\c2c(OCc3ccccc3)ccc3ccccc23)sc2n1[C@H](c1ccc(Cl)cc1)C1=C(N=2)c2ccccc2CC1. The van der Waals surface area contributed by atoms with E-state index in [1.165, 1.54) is 22.5 Å². The van der Waals surface area contributed by atoms with Gasteiger partial charge in [-0.15, -0.1) is 0 Å². The summed E-state index contributed by atoms with van der Waals surface area (Å²) in [6.07, 6.45) is 3.74. The molecule has 6 heteroatoms. The van der Waals surface area contributed by atoms with Crippen LogP contribution in [0, 0.1) is 0 Å². The molecule has 0 saturated carbocycles. The Bertz CT molecular complexity index is 2270. The number of allylic oxidation sites excluding steroid dienone is 1. The third-order valence-electron chi connectivity index (χ3n) is 8.50. The number of halogens is 1. The standard InChI is InChI=1S/C38H27ClN2O2S/c39-28-18-14-27(15-19-28)36-31-20-16-26-11-5-7-13-30(26)35(31)40-38-41(36)37(42)34(44-38)22-32-29-12-6-4-10-25(29)17-21-33(32)43-23-24-8-2-1-3-9-24/h1-15,17-19,21-22,36H,16,20,23H2/b34-22+/t36-/m1/s1. The molecule has 1 aliphatic heterocycles. The van der Waals surface area contributed by atoms with E-state index in [-0.39, 0.29) is 11.6 Å². The Kier molecular flexibility index (Phi) is 6.78. The van der Waals surface area contributed by atoms with E-state index < -0.39 is 0 Å². The molecule has 5 aromatic carbocycles. The van der Waals surface area contributed by atoms with Crippen LogP contribution in [0.3, 0.4) is 0 Å². The topological polar surface area (TPSA) is 43.6 Å². The van der Waals surface area contributed by atoms with Crippen molar-refractivity contribution in [3.05, 3.63) is 173 Å². The van der Waals surface area contributed by atoms with Crippen LogP contribution in [0.1, 0.15) is 40.3 Å². The van der Waals surface area contributed by atoms with Crippen LogP contribution in [0.4, 0.5) is 0 Å².